The second kappa shape index (κ2) is 9.86. The number of aliphatic hydroxyl groups excluding tert-OH is 1. The molecule has 1 unspecified atom stereocenters. The number of halogens is 1. The van der Waals surface area contributed by atoms with E-state index >= 15 is 0 Å². The Morgan fingerprint density at radius 3 is 2.58 bits per heavy atom. The van der Waals surface area contributed by atoms with Gasteiger partial charge >= 0.3 is 0 Å². The molecule has 4 nitrogen and oxygen atoms in total. The highest BCUT2D eigenvalue weighted by Crippen LogP contribution is 2.01. The SMILES string of the molecule is CCOCCOCC(O)CNCc1ccc(F)cc1. The maximum Gasteiger partial charge on any atom is 0.123 e. The van der Waals surface area contributed by atoms with Crippen molar-refractivity contribution < 1.29 is 19.0 Å². The first-order valence-electron chi connectivity index (χ1n) is 6.51. The van der Waals surface area contributed by atoms with Gasteiger partial charge in [0, 0.05) is 19.7 Å². The van der Waals surface area contributed by atoms with Gasteiger partial charge in [0.05, 0.1) is 25.9 Å². The lowest BCUT2D eigenvalue weighted by atomic mass is 10.2. The van der Waals surface area contributed by atoms with Gasteiger partial charge in [-0.2, -0.15) is 0 Å². The third kappa shape index (κ3) is 7.89. The number of rotatable bonds is 10. The highest BCUT2D eigenvalue weighted by atomic mass is 19.1. The second-order valence-corrected chi connectivity index (χ2v) is 4.18. The Balaban J connectivity index is 2.03. The Bertz CT molecular complexity index is 332. The van der Waals surface area contributed by atoms with Crippen LogP contribution in [0, 0.1) is 5.82 Å². The van der Waals surface area contributed by atoms with Gasteiger partial charge in [0.2, 0.25) is 0 Å². The molecule has 0 bridgehead atoms. The van der Waals surface area contributed by atoms with Gasteiger partial charge in [0.1, 0.15) is 5.82 Å². The number of aliphatic hydroxyl groups is 1. The predicted octanol–water partition coefficient (Wildman–Crippen LogP) is 1.33. The molecule has 0 aromatic heterocycles. The van der Waals surface area contributed by atoms with Crippen LogP contribution in [0.1, 0.15) is 12.5 Å². The Labute approximate surface area is 113 Å². The van der Waals surface area contributed by atoms with Crippen LogP contribution in [0.25, 0.3) is 0 Å². The fourth-order valence-electron chi connectivity index (χ4n) is 1.53. The smallest absolute Gasteiger partial charge is 0.123 e. The Morgan fingerprint density at radius 1 is 1.21 bits per heavy atom. The van der Waals surface area contributed by atoms with Crippen LogP contribution in [0.4, 0.5) is 4.39 Å². The van der Waals surface area contributed by atoms with Crippen LogP contribution in [0.3, 0.4) is 0 Å². The highest BCUT2D eigenvalue weighted by Gasteiger charge is 2.03. The number of nitrogens with one attached hydrogen (secondary N) is 1. The molecule has 0 radical (unpaired) electrons. The molecule has 5 heteroatoms. The van der Waals surface area contributed by atoms with Crippen LogP contribution >= 0.6 is 0 Å². The number of benzene rings is 1. The van der Waals surface area contributed by atoms with Gasteiger partial charge in [-0.3, -0.25) is 0 Å². The average molecular weight is 271 g/mol. The van der Waals surface area contributed by atoms with Crippen molar-refractivity contribution in [2.75, 3.05) is 33.0 Å². The monoisotopic (exact) mass is 271 g/mol. The molecule has 0 fully saturated rings. The number of hydrogen-bond donors (Lipinski definition) is 2. The van der Waals surface area contributed by atoms with Crippen LogP contribution in [0.5, 0.6) is 0 Å². The van der Waals surface area contributed by atoms with E-state index in [0.29, 0.717) is 32.9 Å². The van der Waals surface area contributed by atoms with Crippen LogP contribution in [0.2, 0.25) is 0 Å². The van der Waals surface area contributed by atoms with Crippen LogP contribution in [-0.2, 0) is 16.0 Å². The van der Waals surface area contributed by atoms with Crippen molar-refractivity contribution in [1.29, 1.82) is 0 Å². The van der Waals surface area contributed by atoms with Crippen molar-refractivity contribution >= 4 is 0 Å². The molecule has 0 saturated heterocycles. The van der Waals surface area contributed by atoms with E-state index in [2.05, 4.69) is 5.32 Å². The predicted molar refractivity (Wildman–Crippen MR) is 71.4 cm³/mol. The molecule has 1 aromatic carbocycles. The molecule has 1 aromatic rings. The maximum absolute atomic E-state index is 12.7. The van der Waals surface area contributed by atoms with Crippen molar-refractivity contribution in [1.82, 2.24) is 5.32 Å². The second-order valence-electron chi connectivity index (χ2n) is 4.18. The van der Waals surface area contributed by atoms with Gasteiger partial charge in [0.25, 0.3) is 0 Å². The minimum atomic E-state index is -0.554. The summed E-state index contributed by atoms with van der Waals surface area (Å²) in [6.07, 6.45) is -0.554. The van der Waals surface area contributed by atoms with Gasteiger partial charge in [-0.15, -0.1) is 0 Å². The average Bonchev–Trinajstić information content (AvgIpc) is 2.41. The normalized spacial score (nSPS) is 12.6. The van der Waals surface area contributed by atoms with E-state index in [4.69, 9.17) is 9.47 Å². The van der Waals surface area contributed by atoms with Crippen molar-refractivity contribution in [3.05, 3.63) is 35.6 Å². The molecule has 108 valence electrons. The molecular formula is C14H22FNO3. The summed E-state index contributed by atoms with van der Waals surface area (Å²) in [6.45, 7) is 4.94. The zero-order chi connectivity index (χ0) is 13.9. The largest absolute Gasteiger partial charge is 0.389 e. The first kappa shape index (κ1) is 16.0. The van der Waals surface area contributed by atoms with E-state index in [1.807, 2.05) is 6.92 Å². The zero-order valence-electron chi connectivity index (χ0n) is 11.3. The summed E-state index contributed by atoms with van der Waals surface area (Å²) in [7, 11) is 0. The molecule has 0 spiro atoms. The lowest BCUT2D eigenvalue weighted by molar-refractivity contribution is 0.00642. The summed E-state index contributed by atoms with van der Waals surface area (Å²) in [6, 6.07) is 6.27. The van der Waals surface area contributed by atoms with Gasteiger partial charge < -0.3 is 19.9 Å². The maximum atomic E-state index is 12.7. The number of ether oxygens (including phenoxy) is 2. The fraction of sp³-hybridized carbons (Fsp3) is 0.571. The third-order valence-electron chi connectivity index (χ3n) is 2.51. The molecule has 1 rings (SSSR count). The molecule has 2 N–H and O–H groups in total. The highest BCUT2D eigenvalue weighted by molar-refractivity contribution is 5.15. The van der Waals surface area contributed by atoms with Gasteiger partial charge in [-0.25, -0.2) is 4.39 Å². The molecule has 0 saturated carbocycles. The topological polar surface area (TPSA) is 50.7 Å². The molecule has 19 heavy (non-hydrogen) atoms. The first-order chi connectivity index (χ1) is 9.22. The summed E-state index contributed by atoms with van der Waals surface area (Å²) in [5, 5.41) is 12.7. The first-order valence-corrected chi connectivity index (χ1v) is 6.51. The molecule has 0 aliphatic carbocycles. The van der Waals surface area contributed by atoms with Gasteiger partial charge in [-0.05, 0) is 24.6 Å². The summed E-state index contributed by atoms with van der Waals surface area (Å²) >= 11 is 0. The van der Waals surface area contributed by atoms with Gasteiger partial charge in [0.15, 0.2) is 0 Å². The standard InChI is InChI=1S/C14H22FNO3/c1-2-18-7-8-19-11-14(17)10-16-9-12-3-5-13(15)6-4-12/h3-6,14,16-17H,2,7-11H2,1H3. The Hall–Kier alpha value is -1.01. The van der Waals surface area contributed by atoms with E-state index in [1.54, 1.807) is 12.1 Å². The minimum Gasteiger partial charge on any atom is -0.389 e. The lowest BCUT2D eigenvalue weighted by Gasteiger charge is -2.12. The Morgan fingerprint density at radius 2 is 1.89 bits per heavy atom. The minimum absolute atomic E-state index is 0.244. The van der Waals surface area contributed by atoms with E-state index in [1.165, 1.54) is 12.1 Å². The summed E-state index contributed by atoms with van der Waals surface area (Å²) < 4.78 is 23.0. The van der Waals surface area contributed by atoms with Crippen molar-refractivity contribution in [3.63, 3.8) is 0 Å². The molecule has 0 amide bonds. The fourth-order valence-corrected chi connectivity index (χ4v) is 1.53. The molecule has 1 atom stereocenters. The van der Waals surface area contributed by atoms with Crippen molar-refractivity contribution in [2.45, 2.75) is 19.6 Å². The van der Waals surface area contributed by atoms with Crippen molar-refractivity contribution in [3.8, 4) is 0 Å². The quantitative estimate of drug-likeness (QED) is 0.630. The van der Waals surface area contributed by atoms with Crippen molar-refractivity contribution in [2.24, 2.45) is 0 Å². The molecule has 0 aliphatic rings. The van der Waals surface area contributed by atoms with Crippen LogP contribution in [0.15, 0.2) is 24.3 Å². The third-order valence-corrected chi connectivity index (χ3v) is 2.51. The molecule has 0 heterocycles. The van der Waals surface area contributed by atoms with E-state index in [-0.39, 0.29) is 12.4 Å². The van der Waals surface area contributed by atoms with E-state index in [9.17, 15) is 9.50 Å². The summed E-state index contributed by atoms with van der Waals surface area (Å²) in [4.78, 5) is 0. The lowest BCUT2D eigenvalue weighted by Crippen LogP contribution is -2.30. The van der Waals surface area contributed by atoms with E-state index in [0.717, 1.165) is 5.56 Å². The number of hydrogen-bond acceptors (Lipinski definition) is 4. The summed E-state index contributed by atoms with van der Waals surface area (Å²) in [5.74, 6) is -0.244. The van der Waals surface area contributed by atoms with Gasteiger partial charge in [-0.1, -0.05) is 12.1 Å². The van der Waals surface area contributed by atoms with Crippen LogP contribution in [-0.4, -0.2) is 44.2 Å². The molecule has 0 aliphatic heterocycles. The van der Waals surface area contributed by atoms with Crippen LogP contribution < -0.4 is 5.32 Å². The zero-order valence-corrected chi connectivity index (χ0v) is 11.3. The molecular weight excluding hydrogens is 249 g/mol. The van der Waals surface area contributed by atoms with E-state index < -0.39 is 6.10 Å². The summed E-state index contributed by atoms with van der Waals surface area (Å²) in [5.41, 5.74) is 0.978. The Kier molecular flexibility index (Phi) is 8.33.